The summed E-state index contributed by atoms with van der Waals surface area (Å²) in [6.07, 6.45) is 2.23. The minimum atomic E-state index is -0.698. The summed E-state index contributed by atoms with van der Waals surface area (Å²) in [5.41, 5.74) is 6.73. The van der Waals surface area contributed by atoms with Crippen LogP contribution >= 0.6 is 0 Å². The van der Waals surface area contributed by atoms with Crippen molar-refractivity contribution >= 4 is 22.8 Å². The highest BCUT2D eigenvalue weighted by Crippen LogP contribution is 2.35. The van der Waals surface area contributed by atoms with E-state index in [-0.39, 0.29) is 6.10 Å². The summed E-state index contributed by atoms with van der Waals surface area (Å²) >= 11 is 0. The maximum atomic E-state index is 11.3. The number of primary amides is 1. The van der Waals surface area contributed by atoms with E-state index in [2.05, 4.69) is 15.4 Å². The fourth-order valence-electron chi connectivity index (χ4n) is 3.74. The van der Waals surface area contributed by atoms with Crippen LogP contribution in [0.5, 0.6) is 5.75 Å². The molecule has 0 aromatic carbocycles. The highest BCUT2D eigenvalue weighted by molar-refractivity contribution is 5.90. The molecular weight excluding hydrogens is 428 g/mol. The van der Waals surface area contributed by atoms with Crippen molar-refractivity contribution in [2.45, 2.75) is 32.0 Å². The first-order chi connectivity index (χ1) is 15.8. The SMILES string of the molecule is CO[C@H](C)COc1cc(-n2nc(C)c3cnc(NC(N)=O)cc32)nc([C@]2(OC)CCOC2)c1. The van der Waals surface area contributed by atoms with Crippen LogP contribution in [0.1, 0.15) is 24.7 Å². The quantitative estimate of drug-likeness (QED) is 0.527. The Morgan fingerprint density at radius 1 is 1.36 bits per heavy atom. The number of pyridine rings is 2. The summed E-state index contributed by atoms with van der Waals surface area (Å²) in [7, 11) is 3.29. The van der Waals surface area contributed by atoms with E-state index >= 15 is 0 Å². The Labute approximate surface area is 191 Å². The molecule has 1 aliphatic heterocycles. The predicted octanol–water partition coefficient (Wildman–Crippen LogP) is 2.29. The number of carbonyl (C=O) groups excluding carboxylic acids is 1. The lowest BCUT2D eigenvalue weighted by Crippen LogP contribution is -2.30. The van der Waals surface area contributed by atoms with E-state index in [0.717, 1.165) is 11.1 Å². The Morgan fingerprint density at radius 3 is 2.85 bits per heavy atom. The van der Waals surface area contributed by atoms with Gasteiger partial charge in [0.1, 0.15) is 23.8 Å². The Kier molecular flexibility index (Phi) is 6.45. The molecule has 176 valence electrons. The Morgan fingerprint density at radius 2 is 2.18 bits per heavy atom. The first kappa shape index (κ1) is 22.9. The monoisotopic (exact) mass is 456 g/mol. The topological polar surface area (TPSA) is 136 Å². The minimum absolute atomic E-state index is 0.0856. The number of aromatic nitrogens is 4. The number of ether oxygens (including phenoxy) is 4. The van der Waals surface area contributed by atoms with Gasteiger partial charge < -0.3 is 24.7 Å². The van der Waals surface area contributed by atoms with Crippen molar-refractivity contribution in [1.82, 2.24) is 19.7 Å². The summed E-state index contributed by atoms with van der Waals surface area (Å²) in [5, 5.41) is 7.98. The van der Waals surface area contributed by atoms with Gasteiger partial charge in [-0.1, -0.05) is 0 Å². The molecule has 0 radical (unpaired) electrons. The van der Waals surface area contributed by atoms with E-state index in [1.807, 2.05) is 19.9 Å². The number of methoxy groups -OCH3 is 2. The van der Waals surface area contributed by atoms with Crippen LogP contribution < -0.4 is 15.8 Å². The molecular formula is C22H28N6O5. The third kappa shape index (κ3) is 4.61. The molecule has 2 amide bonds. The molecule has 3 N–H and O–H groups in total. The molecule has 3 aromatic rings. The molecule has 33 heavy (non-hydrogen) atoms. The number of nitrogens with one attached hydrogen (secondary N) is 1. The van der Waals surface area contributed by atoms with Gasteiger partial charge in [0.05, 0.1) is 29.6 Å². The highest BCUT2D eigenvalue weighted by atomic mass is 16.6. The van der Waals surface area contributed by atoms with E-state index in [4.69, 9.17) is 29.7 Å². The lowest BCUT2D eigenvalue weighted by atomic mass is 9.97. The number of anilines is 1. The largest absolute Gasteiger partial charge is 0.491 e. The lowest BCUT2D eigenvalue weighted by Gasteiger charge is -2.26. The van der Waals surface area contributed by atoms with E-state index in [1.165, 1.54) is 0 Å². The van der Waals surface area contributed by atoms with Gasteiger partial charge in [0, 0.05) is 57.0 Å². The average molecular weight is 457 g/mol. The molecule has 11 nitrogen and oxygen atoms in total. The Balaban J connectivity index is 1.84. The number of rotatable bonds is 8. The molecule has 4 rings (SSSR count). The second-order valence-electron chi connectivity index (χ2n) is 7.98. The molecule has 0 unspecified atom stereocenters. The van der Waals surface area contributed by atoms with Crippen LogP contribution in [0.15, 0.2) is 24.4 Å². The first-order valence-electron chi connectivity index (χ1n) is 10.6. The van der Waals surface area contributed by atoms with Crippen LogP contribution in [-0.2, 0) is 19.8 Å². The highest BCUT2D eigenvalue weighted by Gasteiger charge is 2.39. The van der Waals surface area contributed by atoms with Gasteiger partial charge in [-0.3, -0.25) is 5.32 Å². The summed E-state index contributed by atoms with van der Waals surface area (Å²) in [4.78, 5) is 20.4. The third-order valence-electron chi connectivity index (χ3n) is 5.73. The zero-order chi connectivity index (χ0) is 23.6. The van der Waals surface area contributed by atoms with Crippen LogP contribution in [0.25, 0.3) is 16.7 Å². The number of nitrogens with zero attached hydrogens (tertiary/aromatic N) is 4. The molecule has 4 heterocycles. The van der Waals surface area contributed by atoms with Gasteiger partial charge in [-0.05, 0) is 13.8 Å². The molecule has 2 atom stereocenters. The standard InChI is InChI=1S/C22H28N6O5/c1-13(30-3)11-33-15-7-18(22(31-4)5-6-32-12-22)25-20(8-15)28-17-9-19(26-21(23)29)24-10-16(17)14(2)27-28/h7-10,13H,5-6,11-12H2,1-4H3,(H3,23,24,26,29)/t13-,22+/m1/s1. The number of nitrogens with two attached hydrogens (primary N) is 1. The lowest BCUT2D eigenvalue weighted by molar-refractivity contribution is -0.0248. The van der Waals surface area contributed by atoms with Gasteiger partial charge in [0.15, 0.2) is 5.82 Å². The van der Waals surface area contributed by atoms with Crippen molar-refractivity contribution in [2.75, 3.05) is 39.4 Å². The normalized spacial score (nSPS) is 19.0. The van der Waals surface area contributed by atoms with Gasteiger partial charge in [0.25, 0.3) is 0 Å². The van der Waals surface area contributed by atoms with Crippen molar-refractivity contribution < 1.29 is 23.7 Å². The van der Waals surface area contributed by atoms with E-state index in [9.17, 15) is 4.79 Å². The summed E-state index contributed by atoms with van der Waals surface area (Å²) in [6, 6.07) is 4.67. The van der Waals surface area contributed by atoms with Crippen molar-refractivity contribution in [2.24, 2.45) is 5.73 Å². The Bertz CT molecular complexity index is 1160. The second-order valence-corrected chi connectivity index (χ2v) is 7.98. The minimum Gasteiger partial charge on any atom is -0.491 e. The van der Waals surface area contributed by atoms with Crippen molar-refractivity contribution in [1.29, 1.82) is 0 Å². The summed E-state index contributed by atoms with van der Waals surface area (Å²) in [6.45, 7) is 5.14. The zero-order valence-corrected chi connectivity index (χ0v) is 19.1. The average Bonchev–Trinajstić information content (AvgIpc) is 3.42. The van der Waals surface area contributed by atoms with E-state index in [1.54, 1.807) is 37.2 Å². The van der Waals surface area contributed by atoms with Gasteiger partial charge in [-0.2, -0.15) is 5.10 Å². The van der Waals surface area contributed by atoms with Gasteiger partial charge in [0.2, 0.25) is 0 Å². The molecule has 0 spiro atoms. The smallest absolute Gasteiger partial charge is 0.317 e. The third-order valence-corrected chi connectivity index (χ3v) is 5.73. The molecule has 0 aliphatic carbocycles. The number of aryl methyl sites for hydroxylation is 1. The van der Waals surface area contributed by atoms with Crippen molar-refractivity contribution in [3.05, 3.63) is 35.8 Å². The van der Waals surface area contributed by atoms with Gasteiger partial charge in [-0.15, -0.1) is 0 Å². The fourth-order valence-corrected chi connectivity index (χ4v) is 3.74. The number of hydrogen-bond acceptors (Lipinski definition) is 8. The zero-order valence-electron chi connectivity index (χ0n) is 19.1. The van der Waals surface area contributed by atoms with Crippen LogP contribution in [-0.4, -0.2) is 65.9 Å². The number of fused-ring (bicyclic) bond motifs is 1. The van der Waals surface area contributed by atoms with Crippen molar-refractivity contribution in [3.8, 4) is 11.6 Å². The predicted molar refractivity (Wildman–Crippen MR) is 121 cm³/mol. The molecule has 11 heteroatoms. The molecule has 3 aromatic heterocycles. The van der Waals surface area contributed by atoms with Crippen LogP contribution in [0.2, 0.25) is 0 Å². The van der Waals surface area contributed by atoms with Gasteiger partial charge in [-0.25, -0.2) is 19.4 Å². The Hall–Kier alpha value is -3.28. The fraction of sp³-hybridized carbons (Fsp3) is 0.455. The molecule has 0 saturated carbocycles. The molecule has 1 saturated heterocycles. The van der Waals surface area contributed by atoms with Crippen LogP contribution in [0.4, 0.5) is 10.6 Å². The first-order valence-corrected chi connectivity index (χ1v) is 10.6. The number of amides is 2. The molecule has 1 fully saturated rings. The maximum absolute atomic E-state index is 11.3. The maximum Gasteiger partial charge on any atom is 0.317 e. The van der Waals surface area contributed by atoms with Crippen molar-refractivity contribution in [3.63, 3.8) is 0 Å². The van der Waals surface area contributed by atoms with Gasteiger partial charge >= 0.3 is 6.03 Å². The summed E-state index contributed by atoms with van der Waals surface area (Å²) in [5.74, 6) is 1.45. The molecule has 0 bridgehead atoms. The van der Waals surface area contributed by atoms with E-state index in [0.29, 0.717) is 54.8 Å². The van der Waals surface area contributed by atoms with Crippen LogP contribution in [0.3, 0.4) is 0 Å². The molecule has 1 aliphatic rings. The van der Waals surface area contributed by atoms with Crippen LogP contribution in [0, 0.1) is 6.92 Å². The second kappa shape index (κ2) is 9.30. The number of hydrogen-bond donors (Lipinski definition) is 2. The number of carbonyl (C=O) groups is 1. The van der Waals surface area contributed by atoms with E-state index < -0.39 is 11.6 Å². The number of urea groups is 1. The summed E-state index contributed by atoms with van der Waals surface area (Å²) < 4.78 is 24.5.